The van der Waals surface area contributed by atoms with Crippen molar-refractivity contribution in [3.8, 4) is 0 Å². The molecule has 0 bridgehead atoms. The standard InChI is InChI=1S/C20H40N4O3.C18H30O2/c1-3-5-6-7-8-9-10-11-12-15-18(25)24-17(19(26)27-4-2)14-13-16-23-20(21)22;1-2-3-4-5-6-7-8-9-10-11-12-13-14-15-16-17-18(19)20/h17H,3-16H2,1-2H3,(H,24,25)(H4,21,22,23);3-4,6-7,9-10H,2,5,8,11-17H2,1H3,(H,19,20)/b;4-3-,7-6-,10-9-/t17-;/m0./s1. The lowest BCUT2D eigenvalue weighted by molar-refractivity contribution is -0.147. The van der Waals surface area contributed by atoms with Crippen molar-refractivity contribution in [1.29, 1.82) is 0 Å². The molecule has 0 aromatic rings. The largest absolute Gasteiger partial charge is 0.481 e. The van der Waals surface area contributed by atoms with E-state index >= 15 is 0 Å². The lowest BCUT2D eigenvalue weighted by atomic mass is 10.1. The van der Waals surface area contributed by atoms with Gasteiger partial charge in [-0.15, -0.1) is 0 Å². The van der Waals surface area contributed by atoms with E-state index in [1.807, 2.05) is 0 Å². The predicted molar refractivity (Wildman–Crippen MR) is 197 cm³/mol. The number of amides is 1. The number of rotatable bonds is 30. The SMILES string of the molecule is CC/C=C\C/C=C\C/C=C\CCCCCCCC(=O)O.CCCCCCCCCCCC(=O)N[C@@H](CCCN=C(N)N)C(=O)OCC. The van der Waals surface area contributed by atoms with Crippen molar-refractivity contribution in [2.24, 2.45) is 16.5 Å². The molecule has 1 amide bonds. The average Bonchev–Trinajstić information content (AvgIpc) is 3.03. The van der Waals surface area contributed by atoms with E-state index in [4.69, 9.17) is 21.3 Å². The smallest absolute Gasteiger partial charge is 0.328 e. The topological polar surface area (TPSA) is 157 Å². The minimum atomic E-state index is -0.675. The lowest BCUT2D eigenvalue weighted by Gasteiger charge is -2.17. The number of aliphatic carboxylic acids is 1. The number of aliphatic imine (C=N–C) groups is 1. The highest BCUT2D eigenvalue weighted by molar-refractivity contribution is 5.84. The Kier molecular flexibility index (Phi) is 36.6. The van der Waals surface area contributed by atoms with Crippen LogP contribution in [0.3, 0.4) is 0 Å². The van der Waals surface area contributed by atoms with E-state index in [-0.39, 0.29) is 18.5 Å². The highest BCUT2D eigenvalue weighted by atomic mass is 16.5. The maximum atomic E-state index is 12.1. The van der Waals surface area contributed by atoms with Gasteiger partial charge < -0.3 is 26.6 Å². The first kappa shape index (κ1) is 46.0. The van der Waals surface area contributed by atoms with Crippen LogP contribution in [0, 0.1) is 0 Å². The summed E-state index contributed by atoms with van der Waals surface area (Å²) in [6, 6.07) is -0.634. The zero-order valence-corrected chi connectivity index (χ0v) is 30.2. The van der Waals surface area contributed by atoms with Gasteiger partial charge in [-0.05, 0) is 64.7 Å². The van der Waals surface area contributed by atoms with Gasteiger partial charge in [-0.25, -0.2) is 4.79 Å². The Morgan fingerprint density at radius 2 is 1.23 bits per heavy atom. The average molecular weight is 663 g/mol. The van der Waals surface area contributed by atoms with Crippen molar-refractivity contribution in [1.82, 2.24) is 5.32 Å². The van der Waals surface area contributed by atoms with E-state index in [0.29, 0.717) is 32.2 Å². The van der Waals surface area contributed by atoms with Gasteiger partial charge in [0.15, 0.2) is 5.96 Å². The molecule has 0 unspecified atom stereocenters. The van der Waals surface area contributed by atoms with Gasteiger partial charge in [0.25, 0.3) is 0 Å². The summed E-state index contributed by atoms with van der Waals surface area (Å²) >= 11 is 0. The van der Waals surface area contributed by atoms with Crippen molar-refractivity contribution in [2.45, 2.75) is 168 Å². The van der Waals surface area contributed by atoms with Crippen LogP contribution in [0.15, 0.2) is 41.4 Å². The predicted octanol–water partition coefficient (Wildman–Crippen LogP) is 8.67. The summed E-state index contributed by atoms with van der Waals surface area (Å²) in [7, 11) is 0. The normalized spacial score (nSPS) is 11.8. The van der Waals surface area contributed by atoms with Crippen LogP contribution in [0.1, 0.15) is 162 Å². The van der Waals surface area contributed by atoms with Crippen LogP contribution in [0.5, 0.6) is 0 Å². The first-order chi connectivity index (χ1) is 22.8. The summed E-state index contributed by atoms with van der Waals surface area (Å²) in [5.41, 5.74) is 10.6. The number of carboxylic acids is 1. The molecule has 0 saturated carbocycles. The molecule has 6 N–H and O–H groups in total. The molecule has 0 heterocycles. The Hall–Kier alpha value is -3.10. The van der Waals surface area contributed by atoms with Crippen LogP contribution in [0.4, 0.5) is 0 Å². The van der Waals surface area contributed by atoms with E-state index in [2.05, 4.69) is 60.6 Å². The number of guanidine groups is 1. The lowest BCUT2D eigenvalue weighted by Crippen LogP contribution is -2.42. The first-order valence-corrected chi connectivity index (χ1v) is 18.5. The van der Waals surface area contributed by atoms with Gasteiger partial charge in [0.1, 0.15) is 6.04 Å². The number of carboxylic acid groups (broad SMARTS) is 1. The molecular formula is C38H70N4O5. The van der Waals surface area contributed by atoms with Crippen LogP contribution in [-0.4, -0.2) is 48.1 Å². The number of carbonyl (C=O) groups is 3. The van der Waals surface area contributed by atoms with Gasteiger partial charge in [0.2, 0.25) is 5.91 Å². The number of nitrogens with two attached hydrogens (primary N) is 2. The number of nitrogens with one attached hydrogen (secondary N) is 1. The summed E-state index contributed by atoms with van der Waals surface area (Å²) in [5.74, 6) is -1.15. The number of nitrogens with zero attached hydrogens (tertiary/aromatic N) is 1. The Balaban J connectivity index is 0. The molecule has 0 aromatic heterocycles. The van der Waals surface area contributed by atoms with Crippen LogP contribution in [0.25, 0.3) is 0 Å². The number of hydrogen-bond donors (Lipinski definition) is 4. The van der Waals surface area contributed by atoms with E-state index in [9.17, 15) is 14.4 Å². The fourth-order valence-corrected chi connectivity index (χ4v) is 4.75. The van der Waals surface area contributed by atoms with Gasteiger partial charge in [0.05, 0.1) is 6.61 Å². The molecule has 272 valence electrons. The first-order valence-electron chi connectivity index (χ1n) is 18.5. The van der Waals surface area contributed by atoms with Crippen LogP contribution in [-0.2, 0) is 19.1 Å². The fourth-order valence-electron chi connectivity index (χ4n) is 4.75. The van der Waals surface area contributed by atoms with Crippen molar-refractivity contribution in [3.63, 3.8) is 0 Å². The third-order valence-electron chi connectivity index (χ3n) is 7.40. The van der Waals surface area contributed by atoms with Gasteiger partial charge >= 0.3 is 11.9 Å². The molecular weight excluding hydrogens is 592 g/mol. The Morgan fingerprint density at radius 3 is 1.79 bits per heavy atom. The molecule has 0 rings (SSSR count). The van der Waals surface area contributed by atoms with Crippen LogP contribution >= 0.6 is 0 Å². The van der Waals surface area contributed by atoms with E-state index in [1.54, 1.807) is 6.92 Å². The molecule has 0 spiro atoms. The summed E-state index contributed by atoms with van der Waals surface area (Å²) in [6.45, 7) is 6.83. The number of unbranched alkanes of at least 4 members (excludes halogenated alkanes) is 13. The highest BCUT2D eigenvalue weighted by Gasteiger charge is 2.21. The van der Waals surface area contributed by atoms with E-state index in [1.165, 1.54) is 57.8 Å². The minimum absolute atomic E-state index is 0.0251. The monoisotopic (exact) mass is 663 g/mol. The molecule has 0 aliphatic carbocycles. The van der Waals surface area contributed by atoms with E-state index in [0.717, 1.165) is 57.8 Å². The third-order valence-corrected chi connectivity index (χ3v) is 7.40. The molecule has 9 heteroatoms. The quantitative estimate of drug-likeness (QED) is 0.0197. The number of ether oxygens (including phenoxy) is 1. The maximum Gasteiger partial charge on any atom is 0.328 e. The van der Waals surface area contributed by atoms with Crippen molar-refractivity contribution in [3.05, 3.63) is 36.5 Å². The summed E-state index contributed by atoms with van der Waals surface area (Å²) in [4.78, 5) is 38.3. The van der Waals surface area contributed by atoms with Gasteiger partial charge in [0, 0.05) is 19.4 Å². The molecule has 0 saturated heterocycles. The van der Waals surface area contributed by atoms with Crippen molar-refractivity contribution in [2.75, 3.05) is 13.2 Å². The molecule has 9 nitrogen and oxygen atoms in total. The van der Waals surface area contributed by atoms with Crippen LogP contribution < -0.4 is 16.8 Å². The van der Waals surface area contributed by atoms with Gasteiger partial charge in [-0.3, -0.25) is 14.6 Å². The van der Waals surface area contributed by atoms with Crippen molar-refractivity contribution < 1.29 is 24.2 Å². The second-order valence-electron chi connectivity index (χ2n) is 11.9. The van der Waals surface area contributed by atoms with Crippen LogP contribution in [0.2, 0.25) is 0 Å². The zero-order valence-electron chi connectivity index (χ0n) is 30.2. The molecule has 0 aromatic carbocycles. The highest BCUT2D eigenvalue weighted by Crippen LogP contribution is 2.11. The number of allylic oxidation sites excluding steroid dienone is 6. The zero-order chi connectivity index (χ0) is 35.2. The second-order valence-corrected chi connectivity index (χ2v) is 11.9. The fraction of sp³-hybridized carbons (Fsp3) is 0.737. The third kappa shape index (κ3) is 39.0. The number of carbonyl (C=O) groups excluding carboxylic acids is 2. The maximum absolute atomic E-state index is 12.1. The van der Waals surface area contributed by atoms with Gasteiger partial charge in [-0.2, -0.15) is 0 Å². The molecule has 1 atom stereocenters. The Morgan fingerprint density at radius 1 is 0.702 bits per heavy atom. The molecule has 47 heavy (non-hydrogen) atoms. The Bertz CT molecular complexity index is 866. The molecule has 0 radical (unpaired) electrons. The number of hydrogen-bond acceptors (Lipinski definition) is 5. The van der Waals surface area contributed by atoms with E-state index < -0.39 is 18.0 Å². The summed E-state index contributed by atoms with van der Waals surface area (Å²) in [5, 5.41) is 11.3. The molecule has 0 fully saturated rings. The Labute approximate surface area is 287 Å². The second kappa shape index (κ2) is 37.4. The summed E-state index contributed by atoms with van der Waals surface area (Å²) < 4.78 is 5.04. The summed E-state index contributed by atoms with van der Waals surface area (Å²) in [6.07, 6.45) is 35.7. The molecule has 0 aliphatic rings. The molecule has 0 aliphatic heterocycles. The number of esters is 1. The van der Waals surface area contributed by atoms with Crippen molar-refractivity contribution >= 4 is 23.8 Å². The minimum Gasteiger partial charge on any atom is -0.481 e. The van der Waals surface area contributed by atoms with Gasteiger partial charge in [-0.1, -0.05) is 121 Å².